The molecule has 6 nitrogen and oxygen atoms in total. The minimum absolute atomic E-state index is 0.0352. The number of halogens is 3. The second kappa shape index (κ2) is 7.86. The van der Waals surface area contributed by atoms with Gasteiger partial charge in [-0.25, -0.2) is 4.98 Å². The van der Waals surface area contributed by atoms with Gasteiger partial charge < -0.3 is 24.3 Å². The number of hydrogen-bond acceptors (Lipinski definition) is 5. The SMILES string of the molecule is FC(F)(F)Oc1ccc(OC2CCN(c3ccc4nc(N5CCCC5)[nH]c4c3)C2)cc1. The van der Waals surface area contributed by atoms with E-state index < -0.39 is 6.36 Å². The van der Waals surface area contributed by atoms with Gasteiger partial charge in [-0.1, -0.05) is 0 Å². The Morgan fingerprint density at radius 3 is 2.42 bits per heavy atom. The summed E-state index contributed by atoms with van der Waals surface area (Å²) in [6, 6.07) is 11.8. The van der Waals surface area contributed by atoms with Crippen LogP contribution in [0.25, 0.3) is 11.0 Å². The van der Waals surface area contributed by atoms with E-state index in [0.717, 1.165) is 48.7 Å². The van der Waals surface area contributed by atoms with Crippen LogP contribution >= 0.6 is 0 Å². The fraction of sp³-hybridized carbons (Fsp3) is 0.409. The summed E-state index contributed by atoms with van der Waals surface area (Å²) in [6.07, 6.45) is -1.49. The Balaban J connectivity index is 1.22. The standard InChI is InChI=1S/C22H23F3N4O2/c23-22(24,25)31-17-6-4-16(5-7-17)30-18-9-12-29(14-18)15-3-8-19-20(13-15)27-21(26-19)28-10-1-2-11-28/h3-8,13,18H,1-2,9-12,14H2,(H,26,27). The number of fused-ring (bicyclic) bond motifs is 1. The number of H-pyrrole nitrogens is 1. The lowest BCUT2D eigenvalue weighted by Gasteiger charge is -2.19. The number of alkyl halides is 3. The largest absolute Gasteiger partial charge is 0.573 e. The van der Waals surface area contributed by atoms with Crippen molar-refractivity contribution in [2.75, 3.05) is 36.0 Å². The summed E-state index contributed by atoms with van der Waals surface area (Å²) in [4.78, 5) is 12.7. The molecule has 1 unspecified atom stereocenters. The van der Waals surface area contributed by atoms with E-state index in [0.29, 0.717) is 12.3 Å². The number of nitrogens with zero attached hydrogens (tertiary/aromatic N) is 3. The monoisotopic (exact) mass is 432 g/mol. The topological polar surface area (TPSA) is 53.6 Å². The normalized spacial score (nSPS) is 19.4. The molecule has 1 aromatic heterocycles. The van der Waals surface area contributed by atoms with Crippen LogP contribution in [0.3, 0.4) is 0 Å². The third kappa shape index (κ3) is 4.50. The molecule has 2 aliphatic heterocycles. The third-order valence-corrected chi connectivity index (χ3v) is 5.73. The zero-order valence-electron chi connectivity index (χ0n) is 16.9. The van der Waals surface area contributed by atoms with Gasteiger partial charge in [0.2, 0.25) is 5.95 Å². The number of benzene rings is 2. The number of rotatable bonds is 5. The first-order chi connectivity index (χ1) is 14.9. The summed E-state index contributed by atoms with van der Waals surface area (Å²) in [5.41, 5.74) is 3.08. The summed E-state index contributed by atoms with van der Waals surface area (Å²) in [6.45, 7) is 3.64. The van der Waals surface area contributed by atoms with Crippen LogP contribution in [0.5, 0.6) is 11.5 Å². The Morgan fingerprint density at radius 2 is 1.68 bits per heavy atom. The third-order valence-electron chi connectivity index (χ3n) is 5.73. The minimum Gasteiger partial charge on any atom is -0.489 e. The van der Waals surface area contributed by atoms with Gasteiger partial charge in [-0.05, 0) is 55.3 Å². The van der Waals surface area contributed by atoms with Crippen LogP contribution in [-0.2, 0) is 0 Å². The van der Waals surface area contributed by atoms with Gasteiger partial charge in [-0.15, -0.1) is 13.2 Å². The van der Waals surface area contributed by atoms with Crippen LogP contribution in [0.1, 0.15) is 19.3 Å². The molecule has 3 heterocycles. The summed E-state index contributed by atoms with van der Waals surface area (Å²) >= 11 is 0. The lowest BCUT2D eigenvalue weighted by Crippen LogP contribution is -2.24. The van der Waals surface area contributed by atoms with Gasteiger partial charge in [0.1, 0.15) is 17.6 Å². The first-order valence-corrected chi connectivity index (χ1v) is 10.5. The molecule has 0 aliphatic carbocycles. The van der Waals surface area contributed by atoms with Crippen molar-refractivity contribution in [3.8, 4) is 11.5 Å². The highest BCUT2D eigenvalue weighted by atomic mass is 19.4. The van der Waals surface area contributed by atoms with E-state index in [9.17, 15) is 13.2 Å². The molecule has 0 radical (unpaired) electrons. The molecule has 3 aromatic rings. The zero-order valence-corrected chi connectivity index (χ0v) is 16.9. The van der Waals surface area contributed by atoms with E-state index in [1.54, 1.807) is 0 Å². The molecule has 2 saturated heterocycles. The van der Waals surface area contributed by atoms with Crippen LogP contribution in [0, 0.1) is 0 Å². The molecule has 0 spiro atoms. The number of hydrogen-bond donors (Lipinski definition) is 1. The maximum Gasteiger partial charge on any atom is 0.573 e. The predicted octanol–water partition coefficient (Wildman–Crippen LogP) is 4.72. The van der Waals surface area contributed by atoms with Gasteiger partial charge in [-0.2, -0.15) is 0 Å². The summed E-state index contributed by atoms with van der Waals surface area (Å²) in [5.74, 6) is 1.21. The van der Waals surface area contributed by atoms with E-state index in [2.05, 4.69) is 31.7 Å². The highest BCUT2D eigenvalue weighted by Crippen LogP contribution is 2.29. The van der Waals surface area contributed by atoms with Crippen molar-refractivity contribution in [2.45, 2.75) is 31.7 Å². The number of aromatic nitrogens is 2. The average Bonchev–Trinajstić information content (AvgIpc) is 3.48. The van der Waals surface area contributed by atoms with Crippen LogP contribution < -0.4 is 19.3 Å². The number of aromatic amines is 1. The van der Waals surface area contributed by atoms with Gasteiger partial charge in [0, 0.05) is 31.7 Å². The van der Waals surface area contributed by atoms with Gasteiger partial charge in [0.05, 0.1) is 17.6 Å². The Bertz CT molecular complexity index is 1050. The van der Waals surface area contributed by atoms with Gasteiger partial charge in [-0.3, -0.25) is 0 Å². The van der Waals surface area contributed by atoms with E-state index >= 15 is 0 Å². The molecule has 2 aliphatic rings. The van der Waals surface area contributed by atoms with Crippen molar-refractivity contribution in [3.63, 3.8) is 0 Å². The maximum atomic E-state index is 12.3. The van der Waals surface area contributed by atoms with E-state index in [4.69, 9.17) is 9.72 Å². The lowest BCUT2D eigenvalue weighted by molar-refractivity contribution is -0.274. The molecular weight excluding hydrogens is 409 g/mol. The van der Waals surface area contributed by atoms with Crippen molar-refractivity contribution in [2.24, 2.45) is 0 Å². The van der Waals surface area contributed by atoms with Crippen LogP contribution in [0.2, 0.25) is 0 Å². The zero-order chi connectivity index (χ0) is 21.4. The molecule has 164 valence electrons. The summed E-state index contributed by atoms with van der Waals surface area (Å²) in [7, 11) is 0. The van der Waals surface area contributed by atoms with Gasteiger partial charge >= 0.3 is 6.36 Å². The fourth-order valence-corrected chi connectivity index (χ4v) is 4.23. The Kier molecular flexibility index (Phi) is 5.03. The predicted molar refractivity (Wildman–Crippen MR) is 112 cm³/mol. The number of anilines is 2. The van der Waals surface area contributed by atoms with E-state index in [-0.39, 0.29) is 11.9 Å². The van der Waals surface area contributed by atoms with Crippen molar-refractivity contribution in [3.05, 3.63) is 42.5 Å². The molecule has 0 saturated carbocycles. The van der Waals surface area contributed by atoms with Crippen molar-refractivity contribution < 1.29 is 22.6 Å². The number of imidazole rings is 1. The lowest BCUT2D eigenvalue weighted by atomic mass is 10.2. The van der Waals surface area contributed by atoms with Crippen LogP contribution in [-0.4, -0.2) is 48.6 Å². The highest BCUT2D eigenvalue weighted by molar-refractivity contribution is 5.81. The average molecular weight is 432 g/mol. The Morgan fingerprint density at radius 1 is 0.935 bits per heavy atom. The molecule has 1 atom stereocenters. The van der Waals surface area contributed by atoms with Gasteiger partial charge in [0.25, 0.3) is 0 Å². The molecule has 0 bridgehead atoms. The second-order valence-electron chi connectivity index (χ2n) is 7.95. The molecular formula is C22H23F3N4O2. The molecule has 0 amide bonds. The van der Waals surface area contributed by atoms with Gasteiger partial charge in [0.15, 0.2) is 0 Å². The van der Waals surface area contributed by atoms with Crippen LogP contribution in [0.4, 0.5) is 24.8 Å². The maximum absolute atomic E-state index is 12.3. The second-order valence-corrected chi connectivity index (χ2v) is 7.95. The highest BCUT2D eigenvalue weighted by Gasteiger charge is 2.31. The number of nitrogens with one attached hydrogen (secondary N) is 1. The quantitative estimate of drug-likeness (QED) is 0.632. The summed E-state index contributed by atoms with van der Waals surface area (Å²) in [5, 5.41) is 0. The molecule has 5 rings (SSSR count). The van der Waals surface area contributed by atoms with Crippen molar-refractivity contribution in [1.82, 2.24) is 9.97 Å². The molecule has 2 fully saturated rings. The van der Waals surface area contributed by atoms with E-state index in [1.165, 1.54) is 37.1 Å². The summed E-state index contributed by atoms with van der Waals surface area (Å²) < 4.78 is 46.7. The Labute approximate surface area is 177 Å². The minimum atomic E-state index is -4.70. The van der Waals surface area contributed by atoms with Crippen molar-refractivity contribution in [1.29, 1.82) is 0 Å². The van der Waals surface area contributed by atoms with E-state index in [1.807, 2.05) is 6.07 Å². The molecule has 2 aromatic carbocycles. The first-order valence-electron chi connectivity index (χ1n) is 10.5. The molecule has 1 N–H and O–H groups in total. The fourth-order valence-electron chi connectivity index (χ4n) is 4.23. The molecule has 9 heteroatoms. The smallest absolute Gasteiger partial charge is 0.489 e. The number of ether oxygens (including phenoxy) is 2. The van der Waals surface area contributed by atoms with Crippen molar-refractivity contribution >= 4 is 22.7 Å². The first kappa shape index (κ1) is 19.8. The molecule has 31 heavy (non-hydrogen) atoms. The Hall–Kier alpha value is -3.10. The van der Waals surface area contributed by atoms with Crippen LogP contribution in [0.15, 0.2) is 42.5 Å².